The Morgan fingerprint density at radius 3 is 2.79 bits per heavy atom. The van der Waals surface area contributed by atoms with Gasteiger partial charge >= 0.3 is 0 Å². The van der Waals surface area contributed by atoms with Gasteiger partial charge < -0.3 is 15.8 Å². The van der Waals surface area contributed by atoms with Crippen molar-refractivity contribution in [1.82, 2.24) is 5.32 Å². The first-order chi connectivity index (χ1) is 8.97. The molecular weight excluding hydrogens is 240 g/mol. The lowest BCUT2D eigenvalue weighted by molar-refractivity contribution is 0.0136. The van der Waals surface area contributed by atoms with Crippen molar-refractivity contribution >= 4 is 11.6 Å². The summed E-state index contributed by atoms with van der Waals surface area (Å²) in [6.07, 6.45) is 1.95. The van der Waals surface area contributed by atoms with E-state index in [-0.39, 0.29) is 18.1 Å². The van der Waals surface area contributed by atoms with Gasteiger partial charge in [-0.05, 0) is 50.8 Å². The molecular formula is C15H22N2O2. The van der Waals surface area contributed by atoms with Crippen molar-refractivity contribution in [3.8, 4) is 0 Å². The van der Waals surface area contributed by atoms with Gasteiger partial charge in [-0.2, -0.15) is 0 Å². The number of hydrogen-bond acceptors (Lipinski definition) is 3. The molecule has 1 heterocycles. The van der Waals surface area contributed by atoms with Crippen LogP contribution >= 0.6 is 0 Å². The Balaban J connectivity index is 2.09. The molecule has 0 bridgehead atoms. The average Bonchev–Trinajstić information content (AvgIpc) is 2.33. The van der Waals surface area contributed by atoms with E-state index in [1.807, 2.05) is 26.8 Å². The smallest absolute Gasteiger partial charge is 0.251 e. The van der Waals surface area contributed by atoms with Gasteiger partial charge in [-0.3, -0.25) is 4.79 Å². The van der Waals surface area contributed by atoms with E-state index in [4.69, 9.17) is 10.5 Å². The molecule has 4 nitrogen and oxygen atoms in total. The number of hydrogen-bond donors (Lipinski definition) is 2. The van der Waals surface area contributed by atoms with Crippen molar-refractivity contribution in [2.75, 3.05) is 12.3 Å². The van der Waals surface area contributed by atoms with Crippen molar-refractivity contribution in [3.05, 3.63) is 28.8 Å². The van der Waals surface area contributed by atoms with Gasteiger partial charge in [-0.15, -0.1) is 0 Å². The Labute approximate surface area is 114 Å². The number of ether oxygens (including phenoxy) is 1. The summed E-state index contributed by atoms with van der Waals surface area (Å²) in [6.45, 7) is 6.63. The number of rotatable bonds is 2. The molecule has 1 saturated heterocycles. The van der Waals surface area contributed by atoms with Crippen LogP contribution in [-0.4, -0.2) is 24.7 Å². The van der Waals surface area contributed by atoms with Crippen LogP contribution in [0.3, 0.4) is 0 Å². The maximum atomic E-state index is 12.3. The summed E-state index contributed by atoms with van der Waals surface area (Å²) in [7, 11) is 0. The zero-order valence-corrected chi connectivity index (χ0v) is 11.8. The maximum absolute atomic E-state index is 12.3. The first-order valence-electron chi connectivity index (χ1n) is 6.76. The average molecular weight is 262 g/mol. The first kappa shape index (κ1) is 13.9. The highest BCUT2D eigenvalue weighted by molar-refractivity contribution is 5.96. The van der Waals surface area contributed by atoms with Crippen LogP contribution in [0.4, 0.5) is 5.69 Å². The highest BCUT2D eigenvalue weighted by atomic mass is 16.5. The summed E-state index contributed by atoms with van der Waals surface area (Å²) < 4.78 is 5.48. The summed E-state index contributed by atoms with van der Waals surface area (Å²) in [5.41, 5.74) is 9.18. The van der Waals surface area contributed by atoms with Crippen LogP contribution in [0.1, 0.15) is 41.3 Å². The van der Waals surface area contributed by atoms with Crippen molar-refractivity contribution in [2.24, 2.45) is 0 Å². The highest BCUT2D eigenvalue weighted by Gasteiger charge is 2.22. The molecule has 2 unspecified atom stereocenters. The van der Waals surface area contributed by atoms with Gasteiger partial charge in [0.05, 0.1) is 6.10 Å². The van der Waals surface area contributed by atoms with Crippen LogP contribution in [0.5, 0.6) is 0 Å². The summed E-state index contributed by atoms with van der Waals surface area (Å²) >= 11 is 0. The molecule has 0 radical (unpaired) electrons. The molecule has 1 aliphatic rings. The van der Waals surface area contributed by atoms with Crippen molar-refractivity contribution in [3.63, 3.8) is 0 Å². The second kappa shape index (κ2) is 5.61. The summed E-state index contributed by atoms with van der Waals surface area (Å²) in [5.74, 6) is -0.0386. The minimum atomic E-state index is -0.0386. The number of benzene rings is 1. The fraction of sp³-hybridized carbons (Fsp3) is 0.533. The molecule has 1 amide bonds. The third kappa shape index (κ3) is 3.26. The van der Waals surface area contributed by atoms with Gasteiger partial charge in [0.15, 0.2) is 0 Å². The van der Waals surface area contributed by atoms with Crippen LogP contribution in [0.25, 0.3) is 0 Å². The molecule has 4 heteroatoms. The van der Waals surface area contributed by atoms with Crippen LogP contribution < -0.4 is 11.1 Å². The van der Waals surface area contributed by atoms with Gasteiger partial charge in [0, 0.05) is 23.9 Å². The van der Waals surface area contributed by atoms with Crippen LogP contribution in [0.15, 0.2) is 12.1 Å². The molecule has 0 saturated carbocycles. The lowest BCUT2D eigenvalue weighted by atomic mass is 10.0. The molecule has 2 atom stereocenters. The van der Waals surface area contributed by atoms with Crippen molar-refractivity contribution in [2.45, 2.75) is 45.8 Å². The molecule has 1 aromatic carbocycles. The normalized spacial score (nSPS) is 23.1. The topological polar surface area (TPSA) is 64.3 Å². The summed E-state index contributed by atoms with van der Waals surface area (Å²) in [5, 5.41) is 3.08. The molecule has 0 spiro atoms. The fourth-order valence-corrected chi connectivity index (χ4v) is 2.51. The van der Waals surface area contributed by atoms with Gasteiger partial charge in [0.25, 0.3) is 5.91 Å². The van der Waals surface area contributed by atoms with E-state index in [1.165, 1.54) is 0 Å². The number of carbonyl (C=O) groups is 1. The number of aryl methyl sites for hydroxylation is 2. The molecule has 19 heavy (non-hydrogen) atoms. The molecule has 0 aliphatic carbocycles. The number of carbonyl (C=O) groups excluding carboxylic acids is 1. The lowest BCUT2D eigenvalue weighted by Crippen LogP contribution is -2.41. The monoisotopic (exact) mass is 262 g/mol. The van der Waals surface area contributed by atoms with E-state index in [9.17, 15) is 4.79 Å². The lowest BCUT2D eigenvalue weighted by Gasteiger charge is -2.28. The van der Waals surface area contributed by atoms with Crippen LogP contribution in [-0.2, 0) is 4.74 Å². The fourth-order valence-electron chi connectivity index (χ4n) is 2.51. The molecule has 3 N–H and O–H groups in total. The molecule has 1 aliphatic heterocycles. The van der Waals surface area contributed by atoms with E-state index >= 15 is 0 Å². The molecule has 0 aromatic heterocycles. The van der Waals surface area contributed by atoms with Gasteiger partial charge in [0.1, 0.15) is 0 Å². The Bertz CT molecular complexity index is 485. The molecule has 1 fully saturated rings. The second-order valence-corrected chi connectivity index (χ2v) is 5.40. The molecule has 104 valence electrons. The Morgan fingerprint density at radius 1 is 1.37 bits per heavy atom. The SMILES string of the molecule is Cc1cc(C)c(C(=O)NC2CCOC(C)C2)cc1N. The molecule has 2 rings (SSSR count). The largest absolute Gasteiger partial charge is 0.398 e. The summed E-state index contributed by atoms with van der Waals surface area (Å²) in [4.78, 5) is 12.3. The number of nitrogens with two attached hydrogens (primary N) is 1. The third-order valence-electron chi connectivity index (χ3n) is 3.68. The van der Waals surface area contributed by atoms with Crippen LogP contribution in [0, 0.1) is 13.8 Å². The van der Waals surface area contributed by atoms with E-state index in [2.05, 4.69) is 5.32 Å². The first-order valence-corrected chi connectivity index (χ1v) is 6.76. The van der Waals surface area contributed by atoms with Crippen LogP contribution in [0.2, 0.25) is 0 Å². The molecule has 1 aromatic rings. The number of nitrogen functional groups attached to an aromatic ring is 1. The minimum Gasteiger partial charge on any atom is -0.398 e. The predicted octanol–water partition coefficient (Wildman–Crippen LogP) is 2.18. The zero-order valence-electron chi connectivity index (χ0n) is 11.8. The number of amides is 1. The van der Waals surface area contributed by atoms with E-state index < -0.39 is 0 Å². The standard InChI is InChI=1S/C15H22N2O2/c1-9-6-10(2)14(16)8-13(9)15(18)17-12-4-5-19-11(3)7-12/h6,8,11-12H,4-5,7,16H2,1-3H3,(H,17,18). The summed E-state index contributed by atoms with van der Waals surface area (Å²) in [6, 6.07) is 3.91. The number of nitrogens with one attached hydrogen (secondary N) is 1. The minimum absolute atomic E-state index is 0.0386. The second-order valence-electron chi connectivity index (χ2n) is 5.40. The van der Waals surface area contributed by atoms with Crippen molar-refractivity contribution < 1.29 is 9.53 Å². The maximum Gasteiger partial charge on any atom is 0.251 e. The van der Waals surface area contributed by atoms with Gasteiger partial charge in [-0.25, -0.2) is 0 Å². The van der Waals surface area contributed by atoms with Crippen molar-refractivity contribution in [1.29, 1.82) is 0 Å². The quantitative estimate of drug-likeness (QED) is 0.803. The highest BCUT2D eigenvalue weighted by Crippen LogP contribution is 2.19. The van der Waals surface area contributed by atoms with E-state index in [0.29, 0.717) is 17.9 Å². The Morgan fingerprint density at radius 2 is 2.11 bits per heavy atom. The van der Waals surface area contributed by atoms with E-state index in [0.717, 1.165) is 24.0 Å². The van der Waals surface area contributed by atoms with Gasteiger partial charge in [-0.1, -0.05) is 6.07 Å². The van der Waals surface area contributed by atoms with Gasteiger partial charge in [0.2, 0.25) is 0 Å². The van der Waals surface area contributed by atoms with E-state index in [1.54, 1.807) is 6.07 Å². The zero-order chi connectivity index (χ0) is 14.0. The Kier molecular flexibility index (Phi) is 4.10. The number of anilines is 1. The Hall–Kier alpha value is -1.55. The third-order valence-corrected chi connectivity index (χ3v) is 3.68. The predicted molar refractivity (Wildman–Crippen MR) is 76.2 cm³/mol.